The lowest BCUT2D eigenvalue weighted by Gasteiger charge is -2.57. The molecule has 180 valence electrons. The Morgan fingerprint density at radius 3 is 2.80 bits per heavy atom. The van der Waals surface area contributed by atoms with Crippen LogP contribution in [-0.2, 0) is 16.6 Å². The van der Waals surface area contributed by atoms with E-state index in [2.05, 4.69) is 11.5 Å². The fraction of sp³-hybridized carbons (Fsp3) is 0.385. The van der Waals surface area contributed by atoms with Crippen LogP contribution in [0.5, 0.6) is 17.2 Å². The molecule has 2 aliphatic heterocycles. The van der Waals surface area contributed by atoms with E-state index >= 15 is 0 Å². The number of ether oxygens (including phenoxy) is 3. The summed E-state index contributed by atoms with van der Waals surface area (Å²) < 4.78 is 17.1. The van der Waals surface area contributed by atoms with E-state index in [1.54, 1.807) is 6.07 Å². The molecule has 9 heteroatoms. The summed E-state index contributed by atoms with van der Waals surface area (Å²) in [5, 5.41) is 10.8. The monoisotopic (exact) mass is 476 g/mol. The maximum Gasteiger partial charge on any atom is 0.519 e. The zero-order valence-corrected chi connectivity index (χ0v) is 19.0. The number of carbonyl (C=O) groups is 2. The first-order valence-electron chi connectivity index (χ1n) is 11.8. The Labute approximate surface area is 201 Å². The third-order valence-corrected chi connectivity index (χ3v) is 8.01. The molecule has 0 unspecified atom stereocenters. The van der Waals surface area contributed by atoms with Gasteiger partial charge in [0.2, 0.25) is 0 Å². The molecule has 2 aliphatic carbocycles. The molecule has 0 radical (unpaired) electrons. The zero-order chi connectivity index (χ0) is 24.3. The molecule has 2 bridgehead atoms. The number of Topliss-reactive ketones (excluding diaryl/α,β-unsaturated/α-hetero) is 1. The number of hydrogen-bond acceptors (Lipinski definition) is 8. The van der Waals surface area contributed by atoms with Crippen LogP contribution in [-0.4, -0.2) is 47.0 Å². The van der Waals surface area contributed by atoms with Crippen LogP contribution >= 0.6 is 0 Å². The van der Waals surface area contributed by atoms with Crippen molar-refractivity contribution in [3.05, 3.63) is 70.3 Å². The minimum absolute atomic E-state index is 0.0978. The van der Waals surface area contributed by atoms with E-state index in [4.69, 9.17) is 14.2 Å². The summed E-state index contributed by atoms with van der Waals surface area (Å²) in [7, 11) is 0. The zero-order valence-electron chi connectivity index (χ0n) is 19.0. The molecule has 35 heavy (non-hydrogen) atoms. The standard InChI is InChI=1S/C26H24N2O7/c1-2-12-27-13-11-26-18-8-9-20(29)24(26)35-23-21(10-3-15(22(23)26)14-19(18)27)34-25(30)33-17-6-4-16(5-7-17)28(31)32/h2-7,10,18-19,24H,1,8-9,11-14H2/t18-,19+,24-,26-/m0/s1. The molecule has 0 aromatic heterocycles. The van der Waals surface area contributed by atoms with Crippen molar-refractivity contribution in [2.75, 3.05) is 13.1 Å². The van der Waals surface area contributed by atoms with Crippen LogP contribution < -0.4 is 14.2 Å². The highest BCUT2D eigenvalue weighted by atomic mass is 16.7. The minimum Gasteiger partial charge on any atom is -0.477 e. The van der Waals surface area contributed by atoms with Gasteiger partial charge in [0.25, 0.3) is 5.69 Å². The highest BCUT2D eigenvalue weighted by Crippen LogP contribution is 2.63. The maximum atomic E-state index is 13.0. The number of carbonyl (C=O) groups excluding carboxylic acids is 2. The van der Waals surface area contributed by atoms with Crippen LogP contribution in [0.15, 0.2) is 49.1 Å². The molecule has 6 rings (SSSR count). The Balaban J connectivity index is 1.32. The second-order valence-electron chi connectivity index (χ2n) is 9.59. The lowest BCUT2D eigenvalue weighted by molar-refractivity contribution is -0.384. The highest BCUT2D eigenvalue weighted by molar-refractivity contribution is 5.89. The first-order chi connectivity index (χ1) is 16.9. The number of non-ortho nitro benzene ring substituents is 1. The van der Waals surface area contributed by atoms with Crippen LogP contribution in [0, 0.1) is 16.0 Å². The lowest BCUT2D eigenvalue weighted by atomic mass is 9.51. The molecule has 4 atom stereocenters. The topological polar surface area (TPSA) is 108 Å². The number of nitro benzene ring substituents is 1. The highest BCUT2D eigenvalue weighted by Gasteiger charge is 2.65. The molecule has 4 aliphatic rings. The number of piperidine rings is 1. The van der Waals surface area contributed by atoms with Crippen molar-refractivity contribution in [1.29, 1.82) is 0 Å². The SMILES string of the molecule is C=CCN1CC[C@]23c4c5ccc(OC(=O)Oc6ccc([N+](=O)[O-])cc6)c4O[C@H]2C(=O)CC[C@H]3[C@H]1C5. The largest absolute Gasteiger partial charge is 0.519 e. The van der Waals surface area contributed by atoms with Gasteiger partial charge < -0.3 is 14.2 Å². The number of hydrogen-bond donors (Lipinski definition) is 0. The number of nitrogens with zero attached hydrogens (tertiary/aromatic N) is 2. The number of likely N-dealkylation sites (tertiary alicyclic amines) is 1. The average Bonchev–Trinajstić information content (AvgIpc) is 3.19. The molecule has 1 spiro atoms. The summed E-state index contributed by atoms with van der Waals surface area (Å²) in [4.78, 5) is 38.3. The molecule has 1 saturated heterocycles. The van der Waals surface area contributed by atoms with E-state index in [0.717, 1.165) is 43.5 Å². The van der Waals surface area contributed by atoms with E-state index in [0.29, 0.717) is 18.2 Å². The second-order valence-corrected chi connectivity index (χ2v) is 9.59. The van der Waals surface area contributed by atoms with Gasteiger partial charge in [-0.3, -0.25) is 19.8 Å². The summed E-state index contributed by atoms with van der Waals surface area (Å²) >= 11 is 0. The number of ketones is 1. The van der Waals surface area contributed by atoms with Crippen LogP contribution in [0.3, 0.4) is 0 Å². The van der Waals surface area contributed by atoms with Crippen molar-refractivity contribution in [3.63, 3.8) is 0 Å². The van der Waals surface area contributed by atoms with Gasteiger partial charge in [0.1, 0.15) is 5.75 Å². The summed E-state index contributed by atoms with van der Waals surface area (Å²) in [6.07, 6.45) is 3.33. The smallest absolute Gasteiger partial charge is 0.477 e. The van der Waals surface area contributed by atoms with Crippen LogP contribution in [0.4, 0.5) is 10.5 Å². The van der Waals surface area contributed by atoms with Crippen molar-refractivity contribution in [2.45, 2.75) is 43.2 Å². The van der Waals surface area contributed by atoms with Gasteiger partial charge in [-0.2, -0.15) is 0 Å². The fourth-order valence-electron chi connectivity index (χ4n) is 6.71. The van der Waals surface area contributed by atoms with Gasteiger partial charge in [-0.05, 0) is 55.5 Å². The van der Waals surface area contributed by atoms with Crippen LogP contribution in [0.2, 0.25) is 0 Å². The Kier molecular flexibility index (Phi) is 4.93. The summed E-state index contributed by atoms with van der Waals surface area (Å²) in [5.74, 6) is 1.19. The Morgan fingerprint density at radius 1 is 1.26 bits per heavy atom. The van der Waals surface area contributed by atoms with E-state index in [1.807, 2.05) is 12.1 Å². The maximum absolute atomic E-state index is 13.0. The third-order valence-electron chi connectivity index (χ3n) is 8.01. The molecule has 9 nitrogen and oxygen atoms in total. The minimum atomic E-state index is -0.983. The van der Waals surface area contributed by atoms with Crippen molar-refractivity contribution < 1.29 is 28.7 Å². The number of benzene rings is 2. The number of nitro groups is 1. The first kappa shape index (κ1) is 21.8. The van der Waals surface area contributed by atoms with Gasteiger partial charge in [0.05, 0.1) is 4.92 Å². The molecule has 0 amide bonds. The Bertz CT molecular complexity index is 1260. The van der Waals surface area contributed by atoms with Gasteiger partial charge in [0, 0.05) is 42.1 Å². The van der Waals surface area contributed by atoms with Crippen molar-refractivity contribution in [1.82, 2.24) is 4.90 Å². The molecule has 2 fully saturated rings. The first-order valence-corrected chi connectivity index (χ1v) is 11.8. The predicted molar refractivity (Wildman–Crippen MR) is 124 cm³/mol. The van der Waals surface area contributed by atoms with E-state index in [-0.39, 0.29) is 28.9 Å². The number of rotatable bonds is 5. The Morgan fingerprint density at radius 2 is 2.06 bits per heavy atom. The molecule has 0 N–H and O–H groups in total. The van der Waals surface area contributed by atoms with Crippen LogP contribution in [0.25, 0.3) is 0 Å². The molecule has 1 saturated carbocycles. The predicted octanol–water partition coefficient (Wildman–Crippen LogP) is 3.97. The molecule has 2 heterocycles. The Hall–Kier alpha value is -3.72. The normalized spacial score (nSPS) is 28.0. The quantitative estimate of drug-likeness (QED) is 0.210. The second kappa shape index (κ2) is 7.91. The summed E-state index contributed by atoms with van der Waals surface area (Å²) in [6.45, 7) is 5.58. The molecular weight excluding hydrogens is 452 g/mol. The third kappa shape index (κ3) is 3.18. The van der Waals surface area contributed by atoms with Gasteiger partial charge in [-0.15, -0.1) is 6.58 Å². The van der Waals surface area contributed by atoms with E-state index in [1.165, 1.54) is 24.3 Å². The van der Waals surface area contributed by atoms with Crippen molar-refractivity contribution in [2.24, 2.45) is 5.92 Å². The lowest BCUT2D eigenvalue weighted by Crippen LogP contribution is -2.66. The van der Waals surface area contributed by atoms with Gasteiger partial charge >= 0.3 is 6.16 Å². The van der Waals surface area contributed by atoms with Gasteiger partial charge in [-0.25, -0.2) is 4.79 Å². The van der Waals surface area contributed by atoms with Gasteiger partial charge in [0.15, 0.2) is 23.4 Å². The molecule has 2 aromatic carbocycles. The summed E-state index contributed by atoms with van der Waals surface area (Å²) in [6, 6.07) is 9.12. The van der Waals surface area contributed by atoms with E-state index in [9.17, 15) is 19.7 Å². The van der Waals surface area contributed by atoms with Crippen LogP contribution in [0.1, 0.15) is 30.4 Å². The van der Waals surface area contributed by atoms with Crippen molar-refractivity contribution >= 4 is 17.6 Å². The summed E-state index contributed by atoms with van der Waals surface area (Å²) in [5.41, 5.74) is 1.63. The fourth-order valence-corrected chi connectivity index (χ4v) is 6.71. The average molecular weight is 476 g/mol. The molecular formula is C26H24N2O7. The van der Waals surface area contributed by atoms with E-state index < -0.39 is 22.6 Å². The van der Waals surface area contributed by atoms with Crippen molar-refractivity contribution in [3.8, 4) is 17.2 Å². The van der Waals surface area contributed by atoms with Gasteiger partial charge in [-0.1, -0.05) is 12.1 Å². The molecule has 2 aromatic rings.